The fourth-order valence-electron chi connectivity index (χ4n) is 6.67. The lowest BCUT2D eigenvalue weighted by Gasteiger charge is -2.58. The van der Waals surface area contributed by atoms with Crippen LogP contribution in [-0.4, -0.2) is 5.78 Å². The lowest BCUT2D eigenvalue weighted by atomic mass is 9.46. The zero-order valence-electron chi connectivity index (χ0n) is 13.0. The van der Waals surface area contributed by atoms with Crippen molar-refractivity contribution in [1.82, 2.24) is 0 Å². The van der Waals surface area contributed by atoms with Crippen molar-refractivity contribution < 1.29 is 4.79 Å². The quantitative estimate of drug-likeness (QED) is 0.581. The highest BCUT2D eigenvalue weighted by molar-refractivity contribution is 5.84. The van der Waals surface area contributed by atoms with E-state index in [9.17, 15) is 4.79 Å². The molecular formula is C19H28O. The number of rotatable bonds is 0. The molecule has 1 nitrogen and oxygen atoms in total. The lowest BCUT2D eigenvalue weighted by molar-refractivity contribution is -0.151. The smallest absolute Gasteiger partial charge is 0.137 e. The zero-order chi connectivity index (χ0) is 14.0. The van der Waals surface area contributed by atoms with E-state index in [1.165, 1.54) is 38.5 Å². The summed E-state index contributed by atoms with van der Waals surface area (Å²) in [5.74, 6) is 3.31. The summed E-state index contributed by atoms with van der Waals surface area (Å²) in [7, 11) is 0. The highest BCUT2D eigenvalue weighted by Crippen LogP contribution is 2.64. The van der Waals surface area contributed by atoms with Crippen molar-refractivity contribution in [2.75, 3.05) is 0 Å². The second-order valence-corrected chi connectivity index (χ2v) is 8.63. The maximum absolute atomic E-state index is 13.0. The lowest BCUT2D eigenvalue weighted by Crippen LogP contribution is -2.55. The van der Waals surface area contributed by atoms with Crippen LogP contribution in [0.4, 0.5) is 0 Å². The third kappa shape index (κ3) is 1.58. The van der Waals surface area contributed by atoms with E-state index >= 15 is 0 Å². The summed E-state index contributed by atoms with van der Waals surface area (Å²) >= 11 is 0. The molecule has 0 N–H and O–H groups in total. The normalized spacial score (nSPS) is 54.2. The van der Waals surface area contributed by atoms with Gasteiger partial charge in [0.15, 0.2) is 0 Å². The van der Waals surface area contributed by atoms with Crippen LogP contribution in [0, 0.1) is 34.5 Å². The van der Waals surface area contributed by atoms with Gasteiger partial charge in [0.05, 0.1) is 0 Å². The van der Waals surface area contributed by atoms with Crippen LogP contribution >= 0.6 is 0 Å². The Morgan fingerprint density at radius 1 is 1.15 bits per heavy atom. The fraction of sp³-hybridized carbons (Fsp3) is 0.842. The summed E-state index contributed by atoms with van der Waals surface area (Å²) in [6, 6.07) is 0. The molecule has 0 saturated heterocycles. The van der Waals surface area contributed by atoms with E-state index in [2.05, 4.69) is 26.0 Å². The van der Waals surface area contributed by atoms with E-state index in [-0.39, 0.29) is 5.41 Å². The van der Waals surface area contributed by atoms with Gasteiger partial charge < -0.3 is 0 Å². The van der Waals surface area contributed by atoms with Crippen LogP contribution in [0.15, 0.2) is 12.2 Å². The van der Waals surface area contributed by atoms with Gasteiger partial charge in [-0.3, -0.25) is 4.79 Å². The second-order valence-electron chi connectivity index (χ2n) is 8.63. The highest BCUT2D eigenvalue weighted by atomic mass is 16.1. The molecule has 4 aliphatic rings. The number of carbonyl (C=O) groups excluding carboxylic acids is 1. The van der Waals surface area contributed by atoms with Crippen LogP contribution in [0.25, 0.3) is 0 Å². The minimum absolute atomic E-state index is 0.276. The van der Waals surface area contributed by atoms with Crippen LogP contribution in [-0.2, 0) is 4.79 Å². The Morgan fingerprint density at radius 3 is 2.85 bits per heavy atom. The first-order valence-electron chi connectivity index (χ1n) is 8.72. The molecule has 110 valence electrons. The monoisotopic (exact) mass is 272 g/mol. The van der Waals surface area contributed by atoms with Gasteiger partial charge in [0.25, 0.3) is 0 Å². The molecule has 4 rings (SSSR count). The number of allylic oxidation sites excluding steroid dienone is 2. The van der Waals surface area contributed by atoms with Crippen molar-refractivity contribution in [2.24, 2.45) is 34.5 Å². The van der Waals surface area contributed by atoms with Gasteiger partial charge in [0, 0.05) is 12.3 Å². The van der Waals surface area contributed by atoms with Gasteiger partial charge in [-0.25, -0.2) is 0 Å². The molecule has 4 aliphatic carbocycles. The average Bonchev–Trinajstić information content (AvgIpc) is 2.78. The van der Waals surface area contributed by atoms with E-state index in [4.69, 9.17) is 0 Å². The van der Waals surface area contributed by atoms with Gasteiger partial charge in [-0.05, 0) is 67.1 Å². The number of ketones is 1. The summed E-state index contributed by atoms with van der Waals surface area (Å²) in [6.45, 7) is 4.85. The summed E-state index contributed by atoms with van der Waals surface area (Å²) in [5.41, 5.74) is 0.630. The van der Waals surface area contributed by atoms with Crippen molar-refractivity contribution in [1.29, 1.82) is 0 Å². The van der Waals surface area contributed by atoms with Crippen molar-refractivity contribution in [3.63, 3.8) is 0 Å². The molecule has 1 heteroatoms. The number of hydrogen-bond donors (Lipinski definition) is 0. The molecule has 20 heavy (non-hydrogen) atoms. The Kier molecular flexibility index (Phi) is 2.76. The topological polar surface area (TPSA) is 17.1 Å². The van der Waals surface area contributed by atoms with Gasteiger partial charge in [0.1, 0.15) is 5.78 Å². The number of carbonyl (C=O) groups is 1. The maximum atomic E-state index is 13.0. The van der Waals surface area contributed by atoms with Crippen molar-refractivity contribution >= 4 is 5.78 Å². The number of Topliss-reactive ketones (excluding diaryl/α,β-unsaturated/α-hetero) is 1. The minimum atomic E-state index is 0.276. The molecule has 3 fully saturated rings. The predicted molar refractivity (Wildman–Crippen MR) is 81.3 cm³/mol. The van der Waals surface area contributed by atoms with Gasteiger partial charge >= 0.3 is 0 Å². The summed E-state index contributed by atoms with van der Waals surface area (Å²) < 4.78 is 0. The molecule has 1 unspecified atom stereocenters. The summed E-state index contributed by atoms with van der Waals surface area (Å²) in [6.07, 6.45) is 14.7. The Morgan fingerprint density at radius 2 is 2.00 bits per heavy atom. The summed E-state index contributed by atoms with van der Waals surface area (Å²) in [4.78, 5) is 13.0. The van der Waals surface area contributed by atoms with E-state index < -0.39 is 0 Å². The van der Waals surface area contributed by atoms with Crippen LogP contribution in [0.3, 0.4) is 0 Å². The minimum Gasteiger partial charge on any atom is -0.299 e. The number of hydrogen-bond acceptors (Lipinski definition) is 1. The van der Waals surface area contributed by atoms with Crippen molar-refractivity contribution in [2.45, 2.75) is 65.2 Å². The standard InChI is InChI=1S/C19H28O/c1-18-10-5-7-15(18)14-9-8-13-6-3-4-11-19(13,2)17(14)16(20)12-18/h3-4,13-15,17H,5-12H2,1-2H3/t13?,14-,15-,17+,18-,19-/m0/s1. The molecule has 0 spiro atoms. The Hall–Kier alpha value is -0.590. The van der Waals surface area contributed by atoms with E-state index in [0.717, 1.165) is 24.7 Å². The molecule has 0 amide bonds. The van der Waals surface area contributed by atoms with Gasteiger partial charge in [-0.15, -0.1) is 0 Å². The molecule has 0 aliphatic heterocycles. The van der Waals surface area contributed by atoms with Crippen LogP contribution < -0.4 is 0 Å². The van der Waals surface area contributed by atoms with Gasteiger partial charge in [0.2, 0.25) is 0 Å². The van der Waals surface area contributed by atoms with E-state index in [1.807, 2.05) is 0 Å². The van der Waals surface area contributed by atoms with Crippen LogP contribution in [0.5, 0.6) is 0 Å². The van der Waals surface area contributed by atoms with Crippen LogP contribution in [0.2, 0.25) is 0 Å². The maximum Gasteiger partial charge on any atom is 0.137 e. The fourth-order valence-corrected chi connectivity index (χ4v) is 6.67. The molecule has 3 saturated carbocycles. The first-order valence-corrected chi connectivity index (χ1v) is 8.72. The molecule has 0 bridgehead atoms. The average molecular weight is 272 g/mol. The van der Waals surface area contributed by atoms with E-state index in [0.29, 0.717) is 23.0 Å². The van der Waals surface area contributed by atoms with Crippen molar-refractivity contribution in [3.8, 4) is 0 Å². The Balaban J connectivity index is 1.73. The predicted octanol–water partition coefficient (Wildman–Crippen LogP) is 4.76. The molecule has 0 aromatic rings. The SMILES string of the molecule is C[C@@]12CCC[C@H]1[C@@H]1CCC3CC=CC[C@]3(C)[C@H]1C(=O)C2. The molecule has 0 aromatic carbocycles. The van der Waals surface area contributed by atoms with Gasteiger partial charge in [-0.2, -0.15) is 0 Å². The molecule has 6 atom stereocenters. The Bertz CT molecular complexity index is 464. The van der Waals surface area contributed by atoms with Crippen LogP contribution in [0.1, 0.15) is 65.2 Å². The molecule has 0 heterocycles. The second kappa shape index (κ2) is 4.21. The first kappa shape index (κ1) is 13.1. The first-order chi connectivity index (χ1) is 9.55. The van der Waals surface area contributed by atoms with Gasteiger partial charge in [-0.1, -0.05) is 32.4 Å². The Labute approximate surface area is 123 Å². The number of fused-ring (bicyclic) bond motifs is 5. The summed E-state index contributed by atoms with van der Waals surface area (Å²) in [5, 5.41) is 0. The third-order valence-corrected chi connectivity index (χ3v) is 7.66. The molecule has 0 aromatic heterocycles. The highest BCUT2D eigenvalue weighted by Gasteiger charge is 2.60. The molecular weight excluding hydrogens is 244 g/mol. The van der Waals surface area contributed by atoms with E-state index in [1.54, 1.807) is 0 Å². The van der Waals surface area contributed by atoms with Crippen molar-refractivity contribution in [3.05, 3.63) is 12.2 Å². The largest absolute Gasteiger partial charge is 0.299 e. The molecule has 0 radical (unpaired) electrons. The third-order valence-electron chi connectivity index (χ3n) is 7.66. The zero-order valence-corrected chi connectivity index (χ0v) is 13.0.